The average molecular weight is 255 g/mol. The maximum Gasteiger partial charge on any atom is 0.127 e. The maximum atomic E-state index is 5.88. The molecule has 0 unspecified atom stereocenters. The van der Waals surface area contributed by atoms with E-state index in [0.717, 1.165) is 5.56 Å². The predicted molar refractivity (Wildman–Crippen MR) is 76.5 cm³/mol. The molecule has 90 valence electrons. The second kappa shape index (κ2) is 4.31. The molecule has 3 nitrogen and oxygen atoms in total. The van der Waals surface area contributed by atoms with Crippen LogP contribution in [0.5, 0.6) is 0 Å². The largest absolute Gasteiger partial charge is 0.384 e. The van der Waals surface area contributed by atoms with E-state index in [4.69, 9.17) is 5.73 Å². The maximum absolute atomic E-state index is 5.88. The minimum Gasteiger partial charge on any atom is -0.384 e. The first-order chi connectivity index (χ1) is 8.77. The van der Waals surface area contributed by atoms with Crippen LogP contribution in [0.2, 0.25) is 0 Å². The van der Waals surface area contributed by atoms with Gasteiger partial charge < -0.3 is 5.73 Å². The lowest BCUT2D eigenvalue weighted by atomic mass is 10.0. The molecule has 2 aromatic heterocycles. The molecule has 0 aliphatic rings. The van der Waals surface area contributed by atoms with E-state index in [0.29, 0.717) is 5.82 Å². The second-order valence-electron chi connectivity index (χ2n) is 4.17. The molecule has 0 aliphatic heterocycles. The van der Waals surface area contributed by atoms with Crippen LogP contribution >= 0.6 is 11.3 Å². The number of nitrogens with one attached hydrogen (secondary N) is 1. The van der Waals surface area contributed by atoms with Crippen molar-refractivity contribution in [1.82, 2.24) is 10.2 Å². The van der Waals surface area contributed by atoms with Gasteiger partial charge in [-0.25, -0.2) is 0 Å². The first kappa shape index (κ1) is 11.0. The number of rotatable bonds is 2. The molecule has 3 N–H and O–H groups in total. The van der Waals surface area contributed by atoms with Gasteiger partial charge >= 0.3 is 0 Å². The quantitative estimate of drug-likeness (QED) is 0.733. The zero-order valence-corrected chi connectivity index (χ0v) is 10.8. The molecular weight excluding hydrogens is 242 g/mol. The summed E-state index contributed by atoms with van der Waals surface area (Å²) < 4.78 is 0. The summed E-state index contributed by atoms with van der Waals surface area (Å²) in [4.78, 5) is 1.18. The Morgan fingerprint density at radius 3 is 2.61 bits per heavy atom. The third-order valence-electron chi connectivity index (χ3n) is 3.04. The van der Waals surface area contributed by atoms with Gasteiger partial charge in [-0.2, -0.15) is 5.10 Å². The van der Waals surface area contributed by atoms with E-state index in [-0.39, 0.29) is 0 Å². The first-order valence-corrected chi connectivity index (χ1v) is 6.58. The van der Waals surface area contributed by atoms with Crippen molar-refractivity contribution in [2.24, 2.45) is 0 Å². The number of aromatic amines is 1. The van der Waals surface area contributed by atoms with Crippen molar-refractivity contribution in [2.75, 3.05) is 5.73 Å². The van der Waals surface area contributed by atoms with E-state index >= 15 is 0 Å². The Morgan fingerprint density at radius 2 is 1.94 bits per heavy atom. The van der Waals surface area contributed by atoms with Gasteiger partial charge in [-0.3, -0.25) is 5.10 Å². The summed E-state index contributed by atoms with van der Waals surface area (Å²) in [5, 5.41) is 8.93. The van der Waals surface area contributed by atoms with Crippen molar-refractivity contribution in [3.05, 3.63) is 47.5 Å². The monoisotopic (exact) mass is 255 g/mol. The molecule has 0 spiro atoms. The zero-order chi connectivity index (χ0) is 12.5. The Hall–Kier alpha value is -2.07. The van der Waals surface area contributed by atoms with E-state index in [9.17, 15) is 0 Å². The predicted octanol–water partition coefficient (Wildman–Crippen LogP) is 3.70. The number of anilines is 1. The SMILES string of the molecule is Cc1c(-c2ccccc2)csc1-c1cn[nH]c1N. The average Bonchev–Trinajstić information content (AvgIpc) is 2.96. The third kappa shape index (κ3) is 1.71. The molecule has 2 heterocycles. The van der Waals surface area contributed by atoms with E-state index < -0.39 is 0 Å². The standard InChI is InChI=1S/C14H13N3S/c1-9-12(10-5-3-2-4-6-10)8-18-13(9)11-7-16-17-14(11)15/h2-8H,1H3,(H3,15,16,17). The molecule has 0 aliphatic carbocycles. The van der Waals surface area contributed by atoms with Gasteiger partial charge in [0.15, 0.2) is 0 Å². The Bertz CT molecular complexity index is 667. The van der Waals surface area contributed by atoms with Crippen molar-refractivity contribution >= 4 is 17.2 Å². The first-order valence-electron chi connectivity index (χ1n) is 5.70. The fourth-order valence-corrected chi connectivity index (χ4v) is 3.19. The number of hydrogen-bond donors (Lipinski definition) is 2. The number of nitrogens with zero attached hydrogens (tertiary/aromatic N) is 1. The van der Waals surface area contributed by atoms with Crippen LogP contribution in [0.4, 0.5) is 5.82 Å². The van der Waals surface area contributed by atoms with Gasteiger partial charge in [0, 0.05) is 4.88 Å². The van der Waals surface area contributed by atoms with Crippen LogP contribution in [0.1, 0.15) is 5.56 Å². The van der Waals surface area contributed by atoms with Crippen LogP contribution in [0, 0.1) is 6.92 Å². The summed E-state index contributed by atoms with van der Waals surface area (Å²) in [7, 11) is 0. The lowest BCUT2D eigenvalue weighted by Gasteiger charge is -2.02. The van der Waals surface area contributed by atoms with Gasteiger partial charge in [0.25, 0.3) is 0 Å². The second-order valence-corrected chi connectivity index (χ2v) is 5.05. The van der Waals surface area contributed by atoms with Crippen LogP contribution in [0.25, 0.3) is 21.6 Å². The normalized spacial score (nSPS) is 10.7. The van der Waals surface area contributed by atoms with Gasteiger partial charge in [-0.1, -0.05) is 30.3 Å². The van der Waals surface area contributed by atoms with Gasteiger partial charge in [-0.15, -0.1) is 11.3 Å². The highest BCUT2D eigenvalue weighted by Gasteiger charge is 2.13. The molecular formula is C14H13N3S. The molecule has 0 saturated carbocycles. The van der Waals surface area contributed by atoms with Gasteiger partial charge in [0.2, 0.25) is 0 Å². The summed E-state index contributed by atoms with van der Waals surface area (Å²) in [5.74, 6) is 0.625. The molecule has 18 heavy (non-hydrogen) atoms. The molecule has 0 atom stereocenters. The number of thiophene rings is 1. The molecule has 0 fully saturated rings. The fraction of sp³-hybridized carbons (Fsp3) is 0.0714. The Balaban J connectivity index is 2.12. The number of nitrogens with two attached hydrogens (primary N) is 1. The lowest BCUT2D eigenvalue weighted by molar-refractivity contribution is 1.10. The Kier molecular flexibility index (Phi) is 2.64. The highest BCUT2D eigenvalue weighted by molar-refractivity contribution is 7.14. The Labute approximate surface area is 109 Å². The molecule has 3 aromatic rings. The van der Waals surface area contributed by atoms with Crippen molar-refractivity contribution in [1.29, 1.82) is 0 Å². The molecule has 1 aromatic carbocycles. The summed E-state index contributed by atoms with van der Waals surface area (Å²) >= 11 is 1.70. The molecule has 4 heteroatoms. The highest BCUT2D eigenvalue weighted by Crippen LogP contribution is 2.38. The minimum absolute atomic E-state index is 0.625. The summed E-state index contributed by atoms with van der Waals surface area (Å²) in [6, 6.07) is 10.4. The smallest absolute Gasteiger partial charge is 0.127 e. The van der Waals surface area contributed by atoms with Gasteiger partial charge in [-0.05, 0) is 29.0 Å². The highest BCUT2D eigenvalue weighted by atomic mass is 32.1. The molecule has 0 radical (unpaired) electrons. The molecule has 3 rings (SSSR count). The lowest BCUT2D eigenvalue weighted by Crippen LogP contribution is -1.87. The zero-order valence-electron chi connectivity index (χ0n) is 9.97. The molecule has 0 bridgehead atoms. The number of hydrogen-bond acceptors (Lipinski definition) is 3. The number of nitrogen functional groups attached to an aromatic ring is 1. The topological polar surface area (TPSA) is 54.7 Å². The molecule has 0 amide bonds. The molecule has 0 saturated heterocycles. The van der Waals surface area contributed by atoms with Crippen LogP contribution < -0.4 is 5.73 Å². The van der Waals surface area contributed by atoms with Crippen molar-refractivity contribution in [3.63, 3.8) is 0 Å². The summed E-state index contributed by atoms with van der Waals surface area (Å²) in [6.45, 7) is 2.13. The third-order valence-corrected chi connectivity index (χ3v) is 4.15. The summed E-state index contributed by atoms with van der Waals surface area (Å²) in [5.41, 5.74) is 10.6. The van der Waals surface area contributed by atoms with Crippen LogP contribution in [0.3, 0.4) is 0 Å². The number of benzene rings is 1. The van der Waals surface area contributed by atoms with E-state index in [1.54, 1.807) is 17.5 Å². The van der Waals surface area contributed by atoms with E-state index in [1.165, 1.54) is 21.6 Å². The van der Waals surface area contributed by atoms with Crippen molar-refractivity contribution < 1.29 is 0 Å². The van der Waals surface area contributed by atoms with Crippen LogP contribution in [-0.2, 0) is 0 Å². The van der Waals surface area contributed by atoms with Crippen molar-refractivity contribution in [3.8, 4) is 21.6 Å². The van der Waals surface area contributed by atoms with E-state index in [1.807, 2.05) is 6.07 Å². The summed E-state index contributed by atoms with van der Waals surface area (Å²) in [6.07, 6.45) is 1.78. The van der Waals surface area contributed by atoms with Gasteiger partial charge in [0.05, 0.1) is 11.8 Å². The minimum atomic E-state index is 0.625. The van der Waals surface area contributed by atoms with Crippen LogP contribution in [0.15, 0.2) is 41.9 Å². The number of H-pyrrole nitrogens is 1. The number of aromatic nitrogens is 2. The Morgan fingerprint density at radius 1 is 1.17 bits per heavy atom. The van der Waals surface area contributed by atoms with Crippen LogP contribution in [-0.4, -0.2) is 10.2 Å². The van der Waals surface area contributed by atoms with Crippen molar-refractivity contribution in [2.45, 2.75) is 6.92 Å². The van der Waals surface area contributed by atoms with E-state index in [2.05, 4.69) is 46.8 Å². The fourth-order valence-electron chi connectivity index (χ4n) is 2.06. The van der Waals surface area contributed by atoms with Gasteiger partial charge in [0.1, 0.15) is 5.82 Å².